The van der Waals surface area contributed by atoms with Crippen molar-refractivity contribution in [2.24, 2.45) is 35.5 Å². The summed E-state index contributed by atoms with van der Waals surface area (Å²) in [5.74, 6) is -0.0622. The van der Waals surface area contributed by atoms with Crippen LogP contribution in [-0.4, -0.2) is 46.7 Å². The van der Waals surface area contributed by atoms with Gasteiger partial charge in [-0.05, 0) is 96.6 Å². The first kappa shape index (κ1) is 51.3. The van der Waals surface area contributed by atoms with E-state index in [4.69, 9.17) is 79.4 Å². The molecule has 2 aromatic carbocycles. The van der Waals surface area contributed by atoms with Crippen LogP contribution in [0.15, 0.2) is 36.4 Å². The SMILES string of the molecule is CC(C)[C@H]1CC[C@H](C)C[C@@H]1O.CC(C)[C@H]1CC[C@H](C)C[C@@H]1OC(=O)/C=C(\c1cc(Cl)c(Cl)c(Cl)c1)C(F)(F)F.O=C(O)/C=C(\c1cc(Cl)c(Cl)c(Cl)c1)C(F)(F)F. The van der Waals surface area contributed by atoms with E-state index in [1.807, 2.05) is 20.8 Å². The molecule has 0 aromatic heterocycles. The Morgan fingerprint density at radius 3 is 1.39 bits per heavy atom. The standard InChI is InChI=1S/C20H22Cl3F3O2.C10H4Cl3F3O2.C10H20O/c1-10(2)13-5-4-11(3)6-17(13)28-18(27)9-14(20(24,25)26)12-7-15(21)19(23)16(22)8-12;11-6-1-4(2-7(12)9(6)13)5(3-8(17)18)10(14,15)16;1-7(2)9-5-4-8(3)6-10(9)11/h7-11,13,17H,4-6H2,1-3H3;1-3H,(H,17,18);7-11H,4-6H2,1-3H3/b14-9+;5-3+;/t11-,13+,17-;;8-,9+,10-/m0.0/s1. The van der Waals surface area contributed by atoms with Crippen LogP contribution in [0.25, 0.3) is 11.1 Å². The maximum atomic E-state index is 13.6. The average molecular weight is 934 g/mol. The lowest BCUT2D eigenvalue weighted by molar-refractivity contribution is -0.150. The molecule has 4 rings (SSSR count). The van der Waals surface area contributed by atoms with Gasteiger partial charge in [-0.2, -0.15) is 26.3 Å². The summed E-state index contributed by atoms with van der Waals surface area (Å²) in [5.41, 5.74) is -3.36. The minimum absolute atomic E-state index is 0.0289. The van der Waals surface area contributed by atoms with Gasteiger partial charge >= 0.3 is 24.3 Å². The molecule has 2 fully saturated rings. The van der Waals surface area contributed by atoms with Crippen LogP contribution in [-0.2, 0) is 14.3 Å². The summed E-state index contributed by atoms with van der Waals surface area (Å²) in [7, 11) is 0. The van der Waals surface area contributed by atoms with Crippen molar-refractivity contribution in [2.75, 3.05) is 0 Å². The Morgan fingerprint density at radius 1 is 0.667 bits per heavy atom. The van der Waals surface area contributed by atoms with Gasteiger partial charge in [0.2, 0.25) is 0 Å². The summed E-state index contributed by atoms with van der Waals surface area (Å²) in [6.07, 6.45) is -3.49. The third-order valence-corrected chi connectivity index (χ3v) is 12.3. The minimum atomic E-state index is -4.85. The second-order valence-corrected chi connectivity index (χ2v) is 17.5. The molecule has 2 aliphatic carbocycles. The lowest BCUT2D eigenvalue weighted by Crippen LogP contribution is -2.35. The topological polar surface area (TPSA) is 83.8 Å². The number of carbonyl (C=O) groups is 2. The summed E-state index contributed by atoms with van der Waals surface area (Å²) < 4.78 is 84.2. The number of aliphatic hydroxyl groups is 1. The number of esters is 1. The monoisotopic (exact) mass is 930 g/mol. The van der Waals surface area contributed by atoms with E-state index in [0.717, 1.165) is 49.4 Å². The Labute approximate surface area is 359 Å². The van der Waals surface area contributed by atoms with Crippen LogP contribution in [0.5, 0.6) is 0 Å². The number of aliphatic hydroxyl groups excluding tert-OH is 1. The number of rotatable bonds is 7. The Hall–Kier alpha value is -1.86. The van der Waals surface area contributed by atoms with Gasteiger partial charge in [0.1, 0.15) is 6.10 Å². The molecule has 2 aromatic rings. The zero-order chi connectivity index (χ0) is 43.7. The number of carbonyl (C=O) groups excluding carboxylic acids is 1. The van der Waals surface area contributed by atoms with Crippen molar-refractivity contribution in [1.29, 1.82) is 0 Å². The maximum Gasteiger partial charge on any atom is 0.417 e. The van der Waals surface area contributed by atoms with Crippen molar-refractivity contribution >= 4 is 92.7 Å². The molecule has 0 saturated heterocycles. The highest BCUT2D eigenvalue weighted by Crippen LogP contribution is 2.42. The van der Waals surface area contributed by atoms with E-state index in [0.29, 0.717) is 30.3 Å². The molecule has 6 atom stereocenters. The number of aliphatic carboxylic acids is 1. The second-order valence-electron chi connectivity index (χ2n) is 15.2. The van der Waals surface area contributed by atoms with Gasteiger partial charge in [-0.1, -0.05) is 124 Å². The molecule has 320 valence electrons. The van der Waals surface area contributed by atoms with E-state index in [9.17, 15) is 41.0 Å². The molecular weight excluding hydrogens is 887 g/mol. The third kappa shape index (κ3) is 15.9. The lowest BCUT2D eigenvalue weighted by atomic mass is 9.75. The first-order valence-electron chi connectivity index (χ1n) is 18.1. The lowest BCUT2D eigenvalue weighted by Gasteiger charge is -2.36. The van der Waals surface area contributed by atoms with Gasteiger partial charge in [0.05, 0.1) is 47.4 Å². The molecule has 17 heteroatoms. The summed E-state index contributed by atoms with van der Waals surface area (Å²) in [4.78, 5) is 22.8. The molecule has 2 saturated carbocycles. The summed E-state index contributed by atoms with van der Waals surface area (Å²) in [6.45, 7) is 12.8. The van der Waals surface area contributed by atoms with Gasteiger partial charge in [0.25, 0.3) is 0 Å². The fraction of sp³-hybridized carbons (Fsp3) is 0.550. The van der Waals surface area contributed by atoms with Crippen LogP contribution >= 0.6 is 69.6 Å². The summed E-state index contributed by atoms with van der Waals surface area (Å²) in [6, 6.07) is 3.86. The fourth-order valence-corrected chi connectivity index (χ4v) is 8.10. The van der Waals surface area contributed by atoms with E-state index in [-0.39, 0.29) is 59.7 Å². The summed E-state index contributed by atoms with van der Waals surface area (Å²) >= 11 is 34.3. The molecule has 5 nitrogen and oxygen atoms in total. The fourth-order valence-electron chi connectivity index (χ4n) is 6.91. The summed E-state index contributed by atoms with van der Waals surface area (Å²) in [5, 5.41) is 17.3. The van der Waals surface area contributed by atoms with Crippen LogP contribution in [0, 0.1) is 35.5 Å². The van der Waals surface area contributed by atoms with Crippen LogP contribution < -0.4 is 0 Å². The first-order valence-corrected chi connectivity index (χ1v) is 20.4. The normalized spacial score (nSPS) is 23.3. The van der Waals surface area contributed by atoms with E-state index in [2.05, 4.69) is 20.8 Å². The van der Waals surface area contributed by atoms with Crippen molar-refractivity contribution in [3.05, 3.63) is 77.7 Å². The van der Waals surface area contributed by atoms with Crippen LogP contribution in [0.1, 0.15) is 91.2 Å². The van der Waals surface area contributed by atoms with Gasteiger partial charge in [0.15, 0.2) is 0 Å². The Morgan fingerprint density at radius 2 is 1.04 bits per heavy atom. The van der Waals surface area contributed by atoms with Gasteiger partial charge in [-0.15, -0.1) is 0 Å². The number of carboxylic acids is 1. The Balaban J connectivity index is 0.000000329. The van der Waals surface area contributed by atoms with Gasteiger partial charge in [-0.25, -0.2) is 9.59 Å². The molecule has 2 aliphatic rings. The number of benzene rings is 2. The average Bonchev–Trinajstić information content (AvgIpc) is 3.06. The van der Waals surface area contributed by atoms with Crippen LogP contribution in [0.3, 0.4) is 0 Å². The van der Waals surface area contributed by atoms with E-state index in [1.165, 1.54) is 12.8 Å². The largest absolute Gasteiger partial charge is 0.478 e. The van der Waals surface area contributed by atoms with Gasteiger partial charge in [0, 0.05) is 12.2 Å². The molecule has 0 spiro atoms. The van der Waals surface area contributed by atoms with Crippen molar-refractivity contribution < 1.29 is 50.9 Å². The number of carboxylic acid groups (broad SMARTS) is 1. The predicted octanol–water partition coefficient (Wildman–Crippen LogP) is 14.7. The van der Waals surface area contributed by atoms with Crippen LogP contribution in [0.4, 0.5) is 26.3 Å². The molecule has 0 aliphatic heterocycles. The first-order chi connectivity index (χ1) is 26.1. The van der Waals surface area contributed by atoms with Crippen molar-refractivity contribution in [1.82, 2.24) is 0 Å². The highest BCUT2D eigenvalue weighted by atomic mass is 35.5. The van der Waals surface area contributed by atoms with Gasteiger partial charge < -0.3 is 14.9 Å². The van der Waals surface area contributed by atoms with E-state index < -0.39 is 47.1 Å². The van der Waals surface area contributed by atoms with Crippen molar-refractivity contribution in [2.45, 2.75) is 105 Å². The number of ether oxygens (including phenoxy) is 1. The molecule has 0 amide bonds. The Bertz CT molecular complexity index is 1710. The Kier molecular flexibility index (Phi) is 19.9. The zero-order valence-corrected chi connectivity index (χ0v) is 36.5. The number of hydrogen-bond acceptors (Lipinski definition) is 4. The van der Waals surface area contributed by atoms with Crippen LogP contribution in [0.2, 0.25) is 30.1 Å². The number of allylic oxidation sites excluding steroid dienone is 2. The molecular formula is C40H46Cl6F6O5. The van der Waals surface area contributed by atoms with E-state index >= 15 is 0 Å². The highest BCUT2D eigenvalue weighted by Gasteiger charge is 2.38. The molecule has 0 bridgehead atoms. The van der Waals surface area contributed by atoms with Gasteiger partial charge in [-0.3, -0.25) is 0 Å². The van der Waals surface area contributed by atoms with Crippen molar-refractivity contribution in [3.8, 4) is 0 Å². The molecule has 2 N–H and O–H groups in total. The molecule has 0 unspecified atom stereocenters. The highest BCUT2D eigenvalue weighted by molar-refractivity contribution is 6.48. The minimum Gasteiger partial charge on any atom is -0.478 e. The number of halogens is 12. The third-order valence-electron chi connectivity index (χ3n) is 9.95. The molecule has 0 heterocycles. The molecule has 0 radical (unpaired) electrons. The number of hydrogen-bond donors (Lipinski definition) is 2. The smallest absolute Gasteiger partial charge is 0.417 e. The predicted molar refractivity (Wildman–Crippen MR) is 217 cm³/mol. The second kappa shape index (κ2) is 22.1. The zero-order valence-electron chi connectivity index (χ0n) is 32.0. The van der Waals surface area contributed by atoms with Crippen molar-refractivity contribution in [3.63, 3.8) is 0 Å². The molecule has 57 heavy (non-hydrogen) atoms. The van der Waals surface area contributed by atoms with E-state index in [1.54, 1.807) is 0 Å². The maximum absolute atomic E-state index is 13.6. The quantitative estimate of drug-likeness (QED) is 0.125. The number of alkyl halides is 6.